The standard InChI is InChI=1S/C12H17NO2/c1-8-5-6-11(7-9(8)2)13-10(3)12(14)15-4/h5-7,10,13H,1-4H3. The fraction of sp³-hybridized carbons (Fsp3) is 0.417. The quantitative estimate of drug-likeness (QED) is 0.773. The van der Waals surface area contributed by atoms with Crippen molar-refractivity contribution >= 4 is 11.7 Å². The molecule has 0 aliphatic carbocycles. The summed E-state index contributed by atoms with van der Waals surface area (Å²) in [4.78, 5) is 11.2. The highest BCUT2D eigenvalue weighted by molar-refractivity contribution is 5.78. The number of anilines is 1. The Bertz CT molecular complexity index is 361. The van der Waals surface area contributed by atoms with Crippen LogP contribution in [0.4, 0.5) is 5.69 Å². The Morgan fingerprint density at radius 3 is 2.53 bits per heavy atom. The van der Waals surface area contributed by atoms with Gasteiger partial charge in [-0.25, -0.2) is 4.79 Å². The number of aryl methyl sites for hydroxylation is 2. The Hall–Kier alpha value is -1.51. The molecule has 0 bridgehead atoms. The molecule has 0 saturated heterocycles. The molecular weight excluding hydrogens is 190 g/mol. The Morgan fingerprint density at radius 2 is 2.00 bits per heavy atom. The highest BCUT2D eigenvalue weighted by atomic mass is 16.5. The lowest BCUT2D eigenvalue weighted by atomic mass is 10.1. The smallest absolute Gasteiger partial charge is 0.327 e. The highest BCUT2D eigenvalue weighted by Crippen LogP contribution is 2.15. The van der Waals surface area contributed by atoms with E-state index in [1.165, 1.54) is 18.2 Å². The lowest BCUT2D eigenvalue weighted by Crippen LogP contribution is -2.27. The summed E-state index contributed by atoms with van der Waals surface area (Å²) in [5.74, 6) is -0.256. The first kappa shape index (κ1) is 11.6. The normalized spacial score (nSPS) is 12.0. The predicted octanol–water partition coefficient (Wildman–Crippen LogP) is 2.28. The van der Waals surface area contributed by atoms with Crippen LogP contribution in [0.2, 0.25) is 0 Å². The lowest BCUT2D eigenvalue weighted by Gasteiger charge is -2.13. The molecule has 15 heavy (non-hydrogen) atoms. The first-order valence-corrected chi connectivity index (χ1v) is 4.96. The van der Waals surface area contributed by atoms with Crippen LogP contribution in [0.3, 0.4) is 0 Å². The maximum absolute atomic E-state index is 11.2. The van der Waals surface area contributed by atoms with Crippen molar-refractivity contribution < 1.29 is 9.53 Å². The lowest BCUT2D eigenvalue weighted by molar-refractivity contribution is -0.141. The second-order valence-corrected chi connectivity index (χ2v) is 3.69. The van der Waals surface area contributed by atoms with E-state index in [-0.39, 0.29) is 12.0 Å². The summed E-state index contributed by atoms with van der Waals surface area (Å²) < 4.78 is 4.64. The summed E-state index contributed by atoms with van der Waals surface area (Å²) in [6.45, 7) is 5.88. The van der Waals surface area contributed by atoms with Gasteiger partial charge in [0.05, 0.1) is 7.11 Å². The van der Waals surface area contributed by atoms with Crippen molar-refractivity contribution in [3.8, 4) is 0 Å². The molecule has 1 rings (SSSR count). The maximum Gasteiger partial charge on any atom is 0.327 e. The molecule has 0 spiro atoms. The molecular formula is C12H17NO2. The minimum Gasteiger partial charge on any atom is -0.467 e. The van der Waals surface area contributed by atoms with E-state index in [0.29, 0.717) is 0 Å². The van der Waals surface area contributed by atoms with Crippen LogP contribution in [0.5, 0.6) is 0 Å². The number of esters is 1. The molecule has 82 valence electrons. The largest absolute Gasteiger partial charge is 0.467 e. The van der Waals surface area contributed by atoms with Gasteiger partial charge in [-0.05, 0) is 44.0 Å². The summed E-state index contributed by atoms with van der Waals surface area (Å²) in [7, 11) is 1.39. The van der Waals surface area contributed by atoms with Gasteiger partial charge >= 0.3 is 5.97 Å². The van der Waals surface area contributed by atoms with E-state index in [1.807, 2.05) is 25.1 Å². The van der Waals surface area contributed by atoms with Crippen molar-refractivity contribution in [2.24, 2.45) is 0 Å². The Kier molecular flexibility index (Phi) is 3.72. The van der Waals surface area contributed by atoms with Crippen molar-refractivity contribution in [3.05, 3.63) is 29.3 Å². The number of rotatable bonds is 3. The van der Waals surface area contributed by atoms with Crippen LogP contribution in [0, 0.1) is 13.8 Å². The molecule has 0 fully saturated rings. The summed E-state index contributed by atoms with van der Waals surface area (Å²) in [5, 5.41) is 3.09. The number of nitrogens with one attached hydrogen (secondary N) is 1. The Labute approximate surface area is 90.4 Å². The third kappa shape index (κ3) is 2.98. The molecule has 1 unspecified atom stereocenters. The van der Waals surface area contributed by atoms with Gasteiger partial charge in [-0.15, -0.1) is 0 Å². The second kappa shape index (κ2) is 4.82. The molecule has 3 heteroatoms. The van der Waals surface area contributed by atoms with Crippen LogP contribution in [0.25, 0.3) is 0 Å². The third-order valence-corrected chi connectivity index (χ3v) is 2.44. The number of hydrogen-bond acceptors (Lipinski definition) is 3. The molecule has 1 N–H and O–H groups in total. The molecule has 1 atom stereocenters. The zero-order valence-corrected chi connectivity index (χ0v) is 9.63. The van der Waals surface area contributed by atoms with E-state index in [0.717, 1.165) is 5.69 Å². The number of ether oxygens (including phenoxy) is 1. The third-order valence-electron chi connectivity index (χ3n) is 2.44. The SMILES string of the molecule is COC(=O)C(C)Nc1ccc(C)c(C)c1. The van der Waals surface area contributed by atoms with Gasteiger partial charge < -0.3 is 10.1 Å². The van der Waals surface area contributed by atoms with Gasteiger partial charge in [-0.3, -0.25) is 0 Å². The monoisotopic (exact) mass is 207 g/mol. The van der Waals surface area contributed by atoms with Gasteiger partial charge in [0, 0.05) is 5.69 Å². The number of carbonyl (C=O) groups is 1. The first-order valence-electron chi connectivity index (χ1n) is 4.96. The van der Waals surface area contributed by atoms with E-state index in [1.54, 1.807) is 6.92 Å². The fourth-order valence-electron chi connectivity index (χ4n) is 1.32. The average Bonchev–Trinajstić information content (AvgIpc) is 2.22. The topological polar surface area (TPSA) is 38.3 Å². The van der Waals surface area contributed by atoms with Crippen LogP contribution in [0.15, 0.2) is 18.2 Å². The van der Waals surface area contributed by atoms with Crippen LogP contribution < -0.4 is 5.32 Å². The molecule has 1 aromatic rings. The van der Waals surface area contributed by atoms with Crippen LogP contribution in [-0.4, -0.2) is 19.1 Å². The molecule has 0 aliphatic rings. The van der Waals surface area contributed by atoms with Crippen molar-refractivity contribution in [3.63, 3.8) is 0 Å². The van der Waals surface area contributed by atoms with E-state index >= 15 is 0 Å². The van der Waals surface area contributed by atoms with E-state index < -0.39 is 0 Å². The predicted molar refractivity (Wildman–Crippen MR) is 61.0 cm³/mol. The van der Waals surface area contributed by atoms with Gasteiger partial charge in [0.2, 0.25) is 0 Å². The zero-order chi connectivity index (χ0) is 11.4. The van der Waals surface area contributed by atoms with E-state index in [4.69, 9.17) is 0 Å². The van der Waals surface area contributed by atoms with Gasteiger partial charge in [0.1, 0.15) is 6.04 Å². The molecule has 3 nitrogen and oxygen atoms in total. The molecule has 1 aromatic carbocycles. The Morgan fingerprint density at radius 1 is 1.33 bits per heavy atom. The van der Waals surface area contributed by atoms with Gasteiger partial charge in [0.15, 0.2) is 0 Å². The van der Waals surface area contributed by atoms with Crippen molar-refractivity contribution in [2.75, 3.05) is 12.4 Å². The number of hydrogen-bond donors (Lipinski definition) is 1. The van der Waals surface area contributed by atoms with E-state index in [2.05, 4.69) is 17.0 Å². The van der Waals surface area contributed by atoms with Crippen molar-refractivity contribution in [1.82, 2.24) is 0 Å². The molecule has 0 amide bonds. The van der Waals surface area contributed by atoms with Crippen LogP contribution in [0.1, 0.15) is 18.1 Å². The minimum atomic E-state index is -0.322. The van der Waals surface area contributed by atoms with Crippen molar-refractivity contribution in [1.29, 1.82) is 0 Å². The van der Waals surface area contributed by atoms with Gasteiger partial charge in [-0.2, -0.15) is 0 Å². The molecule has 0 aliphatic heterocycles. The summed E-state index contributed by atoms with van der Waals surface area (Å²) in [6.07, 6.45) is 0. The first-order chi connectivity index (χ1) is 7.04. The van der Waals surface area contributed by atoms with Crippen LogP contribution in [-0.2, 0) is 9.53 Å². The Balaban J connectivity index is 2.73. The van der Waals surface area contributed by atoms with Gasteiger partial charge in [0.25, 0.3) is 0 Å². The fourth-order valence-corrected chi connectivity index (χ4v) is 1.32. The minimum absolute atomic E-state index is 0.256. The number of benzene rings is 1. The maximum atomic E-state index is 11.2. The number of carbonyl (C=O) groups excluding carboxylic acids is 1. The summed E-state index contributed by atoms with van der Waals surface area (Å²) >= 11 is 0. The van der Waals surface area contributed by atoms with Crippen LogP contribution >= 0.6 is 0 Å². The van der Waals surface area contributed by atoms with Crippen molar-refractivity contribution in [2.45, 2.75) is 26.8 Å². The molecule has 0 saturated carbocycles. The zero-order valence-electron chi connectivity index (χ0n) is 9.63. The highest BCUT2D eigenvalue weighted by Gasteiger charge is 2.12. The summed E-state index contributed by atoms with van der Waals surface area (Å²) in [5.41, 5.74) is 3.39. The average molecular weight is 207 g/mol. The summed E-state index contributed by atoms with van der Waals surface area (Å²) in [6, 6.07) is 5.69. The molecule has 0 aromatic heterocycles. The second-order valence-electron chi connectivity index (χ2n) is 3.69. The van der Waals surface area contributed by atoms with Gasteiger partial charge in [-0.1, -0.05) is 6.07 Å². The van der Waals surface area contributed by atoms with E-state index in [9.17, 15) is 4.79 Å². The number of methoxy groups -OCH3 is 1. The molecule has 0 radical (unpaired) electrons. The molecule has 0 heterocycles.